The number of hydrazine groups is 1. The first-order chi connectivity index (χ1) is 7.31. The summed E-state index contributed by atoms with van der Waals surface area (Å²) >= 11 is 1.66. The van der Waals surface area contributed by atoms with Crippen molar-refractivity contribution in [3.63, 3.8) is 0 Å². The highest BCUT2D eigenvalue weighted by Gasteiger charge is 2.13. The van der Waals surface area contributed by atoms with Crippen molar-refractivity contribution < 1.29 is 0 Å². The van der Waals surface area contributed by atoms with Gasteiger partial charge in [-0.3, -0.25) is 10.8 Å². The van der Waals surface area contributed by atoms with E-state index in [1.807, 2.05) is 24.4 Å². The van der Waals surface area contributed by atoms with Crippen molar-refractivity contribution in [3.05, 3.63) is 52.0 Å². The quantitative estimate of drug-likeness (QED) is 0.613. The lowest BCUT2D eigenvalue weighted by atomic mass is 10.1. The summed E-state index contributed by atoms with van der Waals surface area (Å²) < 4.78 is 0. The Balaban J connectivity index is 2.35. The first kappa shape index (κ1) is 10.3. The highest BCUT2D eigenvalue weighted by molar-refractivity contribution is 7.08. The Bertz CT molecular complexity index is 425. The average molecular weight is 219 g/mol. The van der Waals surface area contributed by atoms with Gasteiger partial charge in [-0.1, -0.05) is 0 Å². The number of aryl methyl sites for hydroxylation is 1. The zero-order valence-electron chi connectivity index (χ0n) is 8.47. The SMILES string of the molecule is Cc1ccnc(C(NN)c2ccsc2)c1. The fourth-order valence-corrected chi connectivity index (χ4v) is 2.20. The normalized spacial score (nSPS) is 12.7. The van der Waals surface area contributed by atoms with Crippen LogP contribution in [-0.4, -0.2) is 4.98 Å². The van der Waals surface area contributed by atoms with Crippen molar-refractivity contribution in [1.82, 2.24) is 10.4 Å². The molecule has 1 atom stereocenters. The Labute approximate surface area is 92.9 Å². The molecule has 3 nitrogen and oxygen atoms in total. The molecule has 0 aromatic carbocycles. The molecule has 0 fully saturated rings. The van der Waals surface area contributed by atoms with E-state index in [2.05, 4.69) is 21.9 Å². The zero-order chi connectivity index (χ0) is 10.7. The number of nitrogens with zero attached hydrogens (tertiary/aromatic N) is 1. The van der Waals surface area contributed by atoms with E-state index >= 15 is 0 Å². The topological polar surface area (TPSA) is 50.9 Å². The van der Waals surface area contributed by atoms with Gasteiger partial charge in [0.15, 0.2) is 0 Å². The Kier molecular flexibility index (Phi) is 3.11. The largest absolute Gasteiger partial charge is 0.271 e. The van der Waals surface area contributed by atoms with E-state index in [0.717, 1.165) is 11.3 Å². The molecule has 78 valence electrons. The zero-order valence-corrected chi connectivity index (χ0v) is 9.29. The summed E-state index contributed by atoms with van der Waals surface area (Å²) in [5.41, 5.74) is 6.09. The van der Waals surface area contributed by atoms with Gasteiger partial charge in [-0.15, -0.1) is 0 Å². The van der Waals surface area contributed by atoms with E-state index < -0.39 is 0 Å². The summed E-state index contributed by atoms with van der Waals surface area (Å²) in [6, 6.07) is 6.06. The molecule has 4 heteroatoms. The second-order valence-electron chi connectivity index (χ2n) is 3.41. The van der Waals surface area contributed by atoms with Crippen LogP contribution in [0.5, 0.6) is 0 Å². The van der Waals surface area contributed by atoms with Crippen LogP contribution in [0, 0.1) is 6.92 Å². The van der Waals surface area contributed by atoms with Crippen LogP contribution in [0.1, 0.15) is 22.9 Å². The van der Waals surface area contributed by atoms with E-state index in [4.69, 9.17) is 5.84 Å². The Hall–Kier alpha value is -1.23. The van der Waals surface area contributed by atoms with Crippen LogP contribution < -0.4 is 11.3 Å². The lowest BCUT2D eigenvalue weighted by Gasteiger charge is -2.14. The number of hydrogen-bond donors (Lipinski definition) is 2. The van der Waals surface area contributed by atoms with Crippen molar-refractivity contribution in [2.24, 2.45) is 5.84 Å². The van der Waals surface area contributed by atoms with Crippen molar-refractivity contribution in [2.75, 3.05) is 0 Å². The number of pyridine rings is 1. The second-order valence-corrected chi connectivity index (χ2v) is 4.19. The van der Waals surface area contributed by atoms with Gasteiger partial charge in [0.1, 0.15) is 0 Å². The maximum absolute atomic E-state index is 5.56. The minimum Gasteiger partial charge on any atom is -0.271 e. The number of hydrogen-bond acceptors (Lipinski definition) is 4. The van der Waals surface area contributed by atoms with Crippen LogP contribution in [0.15, 0.2) is 35.2 Å². The van der Waals surface area contributed by atoms with Gasteiger partial charge in [-0.25, -0.2) is 5.43 Å². The van der Waals surface area contributed by atoms with E-state index in [-0.39, 0.29) is 6.04 Å². The van der Waals surface area contributed by atoms with Gasteiger partial charge in [0, 0.05) is 6.20 Å². The lowest BCUT2D eigenvalue weighted by molar-refractivity contribution is 0.622. The van der Waals surface area contributed by atoms with Gasteiger partial charge in [-0.2, -0.15) is 11.3 Å². The summed E-state index contributed by atoms with van der Waals surface area (Å²) in [7, 11) is 0. The van der Waals surface area contributed by atoms with Crippen LogP contribution in [0.25, 0.3) is 0 Å². The molecule has 2 heterocycles. The monoisotopic (exact) mass is 219 g/mol. The molecule has 0 saturated heterocycles. The van der Waals surface area contributed by atoms with Crippen molar-refractivity contribution >= 4 is 11.3 Å². The molecule has 3 N–H and O–H groups in total. The highest BCUT2D eigenvalue weighted by atomic mass is 32.1. The van der Waals surface area contributed by atoms with E-state index in [0.29, 0.717) is 0 Å². The molecule has 0 aliphatic rings. The lowest BCUT2D eigenvalue weighted by Crippen LogP contribution is -2.29. The van der Waals surface area contributed by atoms with E-state index in [1.54, 1.807) is 17.5 Å². The molecule has 0 amide bonds. The third-order valence-corrected chi connectivity index (χ3v) is 2.98. The van der Waals surface area contributed by atoms with Crippen molar-refractivity contribution in [2.45, 2.75) is 13.0 Å². The predicted octanol–water partition coefficient (Wildman–Crippen LogP) is 2.00. The molecule has 0 spiro atoms. The maximum Gasteiger partial charge on any atom is 0.0889 e. The van der Waals surface area contributed by atoms with Gasteiger partial charge < -0.3 is 0 Å². The van der Waals surface area contributed by atoms with E-state index in [1.165, 1.54) is 5.56 Å². The van der Waals surface area contributed by atoms with Gasteiger partial charge in [0.2, 0.25) is 0 Å². The molecule has 0 saturated carbocycles. The fraction of sp³-hybridized carbons (Fsp3) is 0.182. The molecular weight excluding hydrogens is 206 g/mol. The molecule has 0 radical (unpaired) electrons. The van der Waals surface area contributed by atoms with Gasteiger partial charge in [0.25, 0.3) is 0 Å². The smallest absolute Gasteiger partial charge is 0.0889 e. The fourth-order valence-electron chi connectivity index (χ4n) is 1.51. The van der Waals surface area contributed by atoms with E-state index in [9.17, 15) is 0 Å². The predicted molar refractivity (Wildman–Crippen MR) is 62.5 cm³/mol. The number of nitrogens with two attached hydrogens (primary N) is 1. The third-order valence-electron chi connectivity index (χ3n) is 2.28. The Morgan fingerprint density at radius 2 is 2.33 bits per heavy atom. The van der Waals surface area contributed by atoms with Gasteiger partial charge in [-0.05, 0) is 47.0 Å². The van der Waals surface area contributed by atoms with Crippen molar-refractivity contribution in [1.29, 1.82) is 0 Å². The van der Waals surface area contributed by atoms with Crippen LogP contribution in [0.2, 0.25) is 0 Å². The Morgan fingerprint density at radius 3 is 2.93 bits per heavy atom. The molecule has 0 aliphatic heterocycles. The van der Waals surface area contributed by atoms with Crippen molar-refractivity contribution in [3.8, 4) is 0 Å². The number of nitrogens with one attached hydrogen (secondary N) is 1. The van der Waals surface area contributed by atoms with Crippen LogP contribution in [-0.2, 0) is 0 Å². The van der Waals surface area contributed by atoms with Crippen LogP contribution in [0.3, 0.4) is 0 Å². The molecule has 2 rings (SSSR count). The maximum atomic E-state index is 5.56. The first-order valence-electron chi connectivity index (χ1n) is 4.72. The standard InChI is InChI=1S/C11H13N3S/c1-8-2-4-13-10(6-8)11(14-12)9-3-5-15-7-9/h2-7,11,14H,12H2,1H3. The summed E-state index contributed by atoms with van der Waals surface area (Å²) in [6.07, 6.45) is 1.81. The minimum atomic E-state index is -0.0175. The Morgan fingerprint density at radius 1 is 1.47 bits per heavy atom. The first-order valence-corrected chi connectivity index (χ1v) is 5.66. The molecule has 1 unspecified atom stereocenters. The van der Waals surface area contributed by atoms with Gasteiger partial charge >= 0.3 is 0 Å². The summed E-state index contributed by atoms with van der Waals surface area (Å²) in [4.78, 5) is 4.33. The number of rotatable bonds is 3. The molecule has 2 aromatic heterocycles. The van der Waals surface area contributed by atoms with Crippen LogP contribution in [0.4, 0.5) is 0 Å². The molecule has 2 aromatic rings. The minimum absolute atomic E-state index is 0.0175. The summed E-state index contributed by atoms with van der Waals surface area (Å²) in [6.45, 7) is 2.05. The molecule has 0 bridgehead atoms. The van der Waals surface area contributed by atoms with Gasteiger partial charge in [0.05, 0.1) is 11.7 Å². The molecule has 0 aliphatic carbocycles. The van der Waals surface area contributed by atoms with Crippen LogP contribution >= 0.6 is 11.3 Å². The molecule has 15 heavy (non-hydrogen) atoms. The third kappa shape index (κ3) is 2.23. The summed E-state index contributed by atoms with van der Waals surface area (Å²) in [5.74, 6) is 5.56. The number of aromatic nitrogens is 1. The highest BCUT2D eigenvalue weighted by Crippen LogP contribution is 2.21. The average Bonchev–Trinajstić information content (AvgIpc) is 2.72. The summed E-state index contributed by atoms with van der Waals surface area (Å²) in [5, 5.41) is 4.12. The number of thiophene rings is 1. The molecular formula is C11H13N3S. The second kappa shape index (κ2) is 4.53.